The van der Waals surface area contributed by atoms with Crippen molar-refractivity contribution in [3.05, 3.63) is 108 Å². The van der Waals surface area contributed by atoms with Crippen LogP contribution in [0.1, 0.15) is 25.0 Å². The van der Waals surface area contributed by atoms with Crippen molar-refractivity contribution in [3.8, 4) is 11.1 Å². The van der Waals surface area contributed by atoms with Crippen LogP contribution in [0.5, 0.6) is 0 Å². The summed E-state index contributed by atoms with van der Waals surface area (Å²) >= 11 is 0. The second-order valence-corrected chi connectivity index (χ2v) is 9.37. The van der Waals surface area contributed by atoms with E-state index in [4.69, 9.17) is 0 Å². The van der Waals surface area contributed by atoms with E-state index in [0.717, 1.165) is 0 Å². The maximum Gasteiger partial charge on any atom is 0.0165 e. The highest BCUT2D eigenvalue weighted by molar-refractivity contribution is 6.21. The van der Waals surface area contributed by atoms with Crippen molar-refractivity contribution >= 4 is 43.1 Å². The first kappa shape index (κ1) is 17.1. The molecule has 0 radical (unpaired) electrons. The summed E-state index contributed by atoms with van der Waals surface area (Å²) in [4.78, 5) is 0. The Morgan fingerprint density at radius 1 is 0.516 bits per heavy atom. The van der Waals surface area contributed by atoms with Gasteiger partial charge in [-0.1, -0.05) is 105 Å². The summed E-state index contributed by atoms with van der Waals surface area (Å²) in [6.07, 6.45) is 0. The van der Waals surface area contributed by atoms with Gasteiger partial charge in [-0.15, -0.1) is 0 Å². The molecule has 0 aromatic heterocycles. The zero-order valence-corrected chi connectivity index (χ0v) is 17.7. The highest BCUT2D eigenvalue weighted by Gasteiger charge is 2.36. The summed E-state index contributed by atoms with van der Waals surface area (Å²) in [7, 11) is 0. The van der Waals surface area contributed by atoms with Crippen molar-refractivity contribution in [1.29, 1.82) is 0 Å². The lowest BCUT2D eigenvalue weighted by Gasteiger charge is -2.37. The molecule has 0 aliphatic heterocycles. The first-order valence-corrected chi connectivity index (χ1v) is 11.0. The molecule has 6 aromatic rings. The van der Waals surface area contributed by atoms with Gasteiger partial charge in [0.15, 0.2) is 0 Å². The highest BCUT2D eigenvalue weighted by Crippen LogP contribution is 2.53. The number of benzene rings is 6. The van der Waals surface area contributed by atoms with E-state index in [1.165, 1.54) is 65.3 Å². The van der Waals surface area contributed by atoms with E-state index >= 15 is 0 Å². The van der Waals surface area contributed by atoms with Gasteiger partial charge in [0.1, 0.15) is 0 Å². The molecule has 7 rings (SSSR count). The molecule has 0 bridgehead atoms. The van der Waals surface area contributed by atoms with Crippen molar-refractivity contribution in [2.75, 3.05) is 0 Å². The van der Waals surface area contributed by atoms with E-state index in [2.05, 4.69) is 111 Å². The van der Waals surface area contributed by atoms with Crippen molar-refractivity contribution in [1.82, 2.24) is 0 Å². The Bertz CT molecular complexity index is 1700. The zero-order valence-electron chi connectivity index (χ0n) is 17.7. The van der Waals surface area contributed by atoms with Gasteiger partial charge in [0, 0.05) is 5.41 Å². The summed E-state index contributed by atoms with van der Waals surface area (Å²) in [5.41, 5.74) is 5.58. The van der Waals surface area contributed by atoms with Crippen LogP contribution in [0.4, 0.5) is 0 Å². The van der Waals surface area contributed by atoms with Crippen LogP contribution in [-0.4, -0.2) is 0 Å². The van der Waals surface area contributed by atoms with Crippen molar-refractivity contribution in [2.45, 2.75) is 19.3 Å². The van der Waals surface area contributed by atoms with E-state index in [9.17, 15) is 0 Å². The Balaban J connectivity index is 1.80. The molecule has 6 aromatic carbocycles. The van der Waals surface area contributed by atoms with Crippen LogP contribution in [0.15, 0.2) is 97.1 Å². The first-order chi connectivity index (χ1) is 15.1. The van der Waals surface area contributed by atoms with Crippen LogP contribution in [0.3, 0.4) is 0 Å². The zero-order chi connectivity index (χ0) is 20.7. The average Bonchev–Trinajstić information content (AvgIpc) is 2.80. The number of hydrogen-bond donors (Lipinski definition) is 0. The van der Waals surface area contributed by atoms with E-state index in [-0.39, 0.29) is 5.41 Å². The lowest BCUT2D eigenvalue weighted by Crippen LogP contribution is -2.24. The summed E-state index contributed by atoms with van der Waals surface area (Å²) in [5, 5.41) is 10.8. The van der Waals surface area contributed by atoms with E-state index in [1.54, 1.807) is 0 Å². The molecule has 0 nitrogen and oxygen atoms in total. The molecular weight excluding hydrogens is 372 g/mol. The highest BCUT2D eigenvalue weighted by atomic mass is 14.4. The smallest absolute Gasteiger partial charge is 0.0165 e. The molecule has 0 unspecified atom stereocenters. The molecule has 0 amide bonds. The van der Waals surface area contributed by atoms with Gasteiger partial charge >= 0.3 is 0 Å². The van der Waals surface area contributed by atoms with Gasteiger partial charge in [-0.25, -0.2) is 0 Å². The molecule has 0 heteroatoms. The van der Waals surface area contributed by atoms with E-state index in [0.29, 0.717) is 0 Å². The number of fused-ring (bicyclic) bond motifs is 8. The summed E-state index contributed by atoms with van der Waals surface area (Å²) in [6, 6.07) is 36.1. The predicted molar refractivity (Wildman–Crippen MR) is 134 cm³/mol. The lowest BCUT2D eigenvalue weighted by atomic mass is 9.66. The maximum atomic E-state index is 2.40. The van der Waals surface area contributed by atoms with Gasteiger partial charge in [0.05, 0.1) is 0 Å². The Morgan fingerprint density at radius 2 is 1.19 bits per heavy atom. The Kier molecular flexibility index (Phi) is 3.16. The van der Waals surface area contributed by atoms with Crippen molar-refractivity contribution < 1.29 is 0 Å². The van der Waals surface area contributed by atoms with Gasteiger partial charge in [-0.2, -0.15) is 0 Å². The minimum absolute atomic E-state index is 0.0894. The van der Waals surface area contributed by atoms with Crippen LogP contribution in [0.2, 0.25) is 0 Å². The molecule has 146 valence electrons. The largest absolute Gasteiger partial charge is 0.0616 e. The number of hydrogen-bond acceptors (Lipinski definition) is 0. The fourth-order valence-corrected chi connectivity index (χ4v) is 6.01. The lowest BCUT2D eigenvalue weighted by molar-refractivity contribution is 0.652. The van der Waals surface area contributed by atoms with Gasteiger partial charge in [-0.05, 0) is 71.4 Å². The fourth-order valence-electron chi connectivity index (χ4n) is 6.01. The fraction of sp³-hybridized carbons (Fsp3) is 0.0968. The molecule has 0 saturated carbocycles. The molecule has 0 fully saturated rings. The molecule has 1 aliphatic carbocycles. The van der Waals surface area contributed by atoms with Crippen LogP contribution < -0.4 is 0 Å². The average molecular weight is 395 g/mol. The standard InChI is InChI=1S/C31H22/c1-31(2)26-17-16-20-15-14-19-8-3-5-11-23(19)27(20)29(26)25-13-7-10-22-18-21-9-4-6-12-24(21)30(31)28(22)25/h3-18H,1-2H3. The normalized spacial score (nSPS) is 14.4. The molecule has 0 spiro atoms. The maximum absolute atomic E-state index is 2.40. The Hall–Kier alpha value is -3.64. The van der Waals surface area contributed by atoms with Crippen molar-refractivity contribution in [2.24, 2.45) is 0 Å². The second kappa shape index (κ2) is 5.74. The third-order valence-corrected chi connectivity index (χ3v) is 7.37. The van der Waals surface area contributed by atoms with E-state index < -0.39 is 0 Å². The first-order valence-electron chi connectivity index (χ1n) is 11.0. The SMILES string of the molecule is CC1(C)c2ccc3ccc4ccccc4c3c2-c2cccc3cc4ccccc4c1c23. The van der Waals surface area contributed by atoms with Gasteiger partial charge in [-0.3, -0.25) is 0 Å². The van der Waals surface area contributed by atoms with E-state index in [1.807, 2.05) is 0 Å². The van der Waals surface area contributed by atoms with Crippen molar-refractivity contribution in [3.63, 3.8) is 0 Å². The third kappa shape index (κ3) is 2.10. The molecule has 1 aliphatic rings. The molecule has 0 heterocycles. The van der Waals surface area contributed by atoms with Crippen LogP contribution in [-0.2, 0) is 5.41 Å². The minimum Gasteiger partial charge on any atom is -0.0616 e. The third-order valence-electron chi connectivity index (χ3n) is 7.37. The van der Waals surface area contributed by atoms with Gasteiger partial charge in [0.25, 0.3) is 0 Å². The van der Waals surface area contributed by atoms with Crippen LogP contribution >= 0.6 is 0 Å². The molecule has 0 atom stereocenters. The summed E-state index contributed by atoms with van der Waals surface area (Å²) in [6.45, 7) is 4.81. The summed E-state index contributed by atoms with van der Waals surface area (Å²) < 4.78 is 0. The Morgan fingerprint density at radius 3 is 2.06 bits per heavy atom. The topological polar surface area (TPSA) is 0 Å². The minimum atomic E-state index is -0.0894. The van der Waals surface area contributed by atoms with Gasteiger partial charge in [0.2, 0.25) is 0 Å². The number of rotatable bonds is 0. The summed E-state index contributed by atoms with van der Waals surface area (Å²) in [5.74, 6) is 0. The molecule has 31 heavy (non-hydrogen) atoms. The van der Waals surface area contributed by atoms with Gasteiger partial charge < -0.3 is 0 Å². The quantitative estimate of drug-likeness (QED) is 0.179. The monoisotopic (exact) mass is 394 g/mol. The van der Waals surface area contributed by atoms with Crippen LogP contribution in [0, 0.1) is 0 Å². The van der Waals surface area contributed by atoms with Crippen LogP contribution in [0.25, 0.3) is 54.2 Å². The second-order valence-electron chi connectivity index (χ2n) is 9.37. The predicted octanol–water partition coefficient (Wildman–Crippen LogP) is 8.61. The molecule has 0 N–H and O–H groups in total. The molecule has 0 saturated heterocycles. The molecular formula is C31H22. The Labute approximate surface area is 181 Å².